The number of halogens is 1. The van der Waals surface area contributed by atoms with Crippen LogP contribution < -0.4 is 5.73 Å². The minimum atomic E-state index is -0.617. The first-order valence-corrected chi connectivity index (χ1v) is 4.37. The lowest BCUT2D eigenvalue weighted by Gasteiger charge is -1.93. The second kappa shape index (κ2) is 5.11. The monoisotopic (exact) mass is 225 g/mol. The Morgan fingerprint density at radius 1 is 1.60 bits per heavy atom. The molecular formula is C9H8ClN3O2. The lowest BCUT2D eigenvalue weighted by molar-refractivity contribution is -0.414. The quantitative estimate of drug-likeness (QED) is 0.486. The van der Waals surface area contributed by atoms with E-state index < -0.39 is 4.92 Å². The smallest absolute Gasteiger partial charge is 0.302 e. The summed E-state index contributed by atoms with van der Waals surface area (Å²) in [6.07, 6.45) is 1.96. The van der Waals surface area contributed by atoms with Gasteiger partial charge < -0.3 is 5.73 Å². The highest BCUT2D eigenvalue weighted by Gasteiger charge is 2.04. The van der Waals surface area contributed by atoms with E-state index in [-0.39, 0.29) is 5.70 Å². The predicted octanol–water partition coefficient (Wildman–Crippen LogP) is 2.12. The lowest BCUT2D eigenvalue weighted by atomic mass is 10.3. The van der Waals surface area contributed by atoms with Crippen LogP contribution in [0.3, 0.4) is 0 Å². The minimum Gasteiger partial charge on any atom is -0.399 e. The van der Waals surface area contributed by atoms with E-state index >= 15 is 0 Å². The van der Waals surface area contributed by atoms with Crippen molar-refractivity contribution < 1.29 is 4.92 Å². The number of aliphatic imine (C=N–C) groups is 1. The van der Waals surface area contributed by atoms with Crippen LogP contribution in [0.25, 0.3) is 0 Å². The third-order valence-corrected chi connectivity index (χ3v) is 1.77. The van der Waals surface area contributed by atoms with Crippen molar-refractivity contribution in [2.45, 2.75) is 0 Å². The van der Waals surface area contributed by atoms with Crippen molar-refractivity contribution in [3.05, 3.63) is 51.3 Å². The Bertz CT molecular complexity index is 429. The maximum atomic E-state index is 10.4. The Labute approximate surface area is 91.0 Å². The summed E-state index contributed by atoms with van der Waals surface area (Å²) in [7, 11) is 0. The summed E-state index contributed by atoms with van der Waals surface area (Å²) < 4.78 is 0. The van der Waals surface area contributed by atoms with Crippen LogP contribution in [0.2, 0.25) is 5.02 Å². The van der Waals surface area contributed by atoms with E-state index in [4.69, 9.17) is 17.3 Å². The number of nitro groups is 1. The van der Waals surface area contributed by atoms with Crippen molar-refractivity contribution in [2.24, 2.45) is 10.7 Å². The van der Waals surface area contributed by atoms with Crippen LogP contribution in [0.5, 0.6) is 0 Å². The van der Waals surface area contributed by atoms with Crippen molar-refractivity contribution in [3.63, 3.8) is 0 Å². The van der Waals surface area contributed by atoms with E-state index in [9.17, 15) is 10.1 Å². The SMILES string of the molecule is N/C=C(\C=Nc1cccc(Cl)c1)[N+](=O)[O-]. The zero-order valence-electron chi connectivity index (χ0n) is 7.63. The van der Waals surface area contributed by atoms with Crippen molar-refractivity contribution in [1.29, 1.82) is 0 Å². The van der Waals surface area contributed by atoms with Crippen LogP contribution in [-0.4, -0.2) is 11.1 Å². The summed E-state index contributed by atoms with van der Waals surface area (Å²) in [6, 6.07) is 6.66. The van der Waals surface area contributed by atoms with Crippen molar-refractivity contribution in [2.75, 3.05) is 0 Å². The van der Waals surface area contributed by atoms with Gasteiger partial charge >= 0.3 is 5.70 Å². The largest absolute Gasteiger partial charge is 0.399 e. The van der Waals surface area contributed by atoms with Gasteiger partial charge in [0, 0.05) is 5.02 Å². The molecule has 0 saturated heterocycles. The molecule has 0 aliphatic rings. The molecule has 0 atom stereocenters. The second-order valence-electron chi connectivity index (χ2n) is 2.59. The van der Waals surface area contributed by atoms with Gasteiger partial charge in [-0.2, -0.15) is 0 Å². The fourth-order valence-corrected chi connectivity index (χ4v) is 1.03. The zero-order valence-corrected chi connectivity index (χ0v) is 8.39. The van der Waals surface area contributed by atoms with Gasteiger partial charge in [0.25, 0.3) is 0 Å². The van der Waals surface area contributed by atoms with E-state index in [0.717, 1.165) is 12.4 Å². The van der Waals surface area contributed by atoms with Crippen LogP contribution in [0.15, 0.2) is 41.2 Å². The number of allylic oxidation sites excluding steroid dienone is 1. The summed E-state index contributed by atoms with van der Waals surface area (Å²) in [5, 5.41) is 10.9. The standard InChI is InChI=1S/C9H8ClN3O2/c10-7-2-1-3-8(4-7)12-6-9(5-11)13(14)15/h1-6H,11H2/b9-5+,12-6?. The van der Waals surface area contributed by atoms with Crippen molar-refractivity contribution >= 4 is 23.5 Å². The van der Waals surface area contributed by atoms with Gasteiger partial charge in [-0.1, -0.05) is 17.7 Å². The van der Waals surface area contributed by atoms with Gasteiger partial charge in [0.15, 0.2) is 0 Å². The molecule has 15 heavy (non-hydrogen) atoms. The number of nitrogens with zero attached hydrogens (tertiary/aromatic N) is 2. The number of nitrogens with two attached hydrogens (primary N) is 1. The zero-order chi connectivity index (χ0) is 11.3. The molecule has 0 fully saturated rings. The molecule has 0 radical (unpaired) electrons. The highest BCUT2D eigenvalue weighted by atomic mass is 35.5. The Balaban J connectivity index is 2.86. The third kappa shape index (κ3) is 3.40. The Hall–Kier alpha value is -1.88. The molecule has 0 aliphatic carbocycles. The topological polar surface area (TPSA) is 81.5 Å². The van der Waals surface area contributed by atoms with Gasteiger partial charge in [-0.05, 0) is 18.2 Å². The summed E-state index contributed by atoms with van der Waals surface area (Å²) in [5.74, 6) is 0. The first kappa shape index (κ1) is 11.2. The van der Waals surface area contributed by atoms with Gasteiger partial charge in [0.05, 0.1) is 16.8 Å². The molecule has 0 amide bonds. The molecular weight excluding hydrogens is 218 g/mol. The molecule has 0 heterocycles. The molecule has 0 bridgehead atoms. The molecule has 1 rings (SSSR count). The van der Waals surface area contributed by atoms with Gasteiger partial charge in [0.1, 0.15) is 6.21 Å². The average molecular weight is 226 g/mol. The van der Waals surface area contributed by atoms with Crippen LogP contribution in [-0.2, 0) is 0 Å². The molecule has 0 aromatic heterocycles. The molecule has 0 saturated carbocycles. The van der Waals surface area contributed by atoms with Crippen LogP contribution in [0.4, 0.5) is 5.69 Å². The third-order valence-electron chi connectivity index (χ3n) is 1.54. The molecule has 2 N–H and O–H groups in total. The van der Waals surface area contributed by atoms with Crippen LogP contribution in [0.1, 0.15) is 0 Å². The molecule has 0 unspecified atom stereocenters. The maximum Gasteiger partial charge on any atom is 0.302 e. The number of hydrogen-bond acceptors (Lipinski definition) is 4. The predicted molar refractivity (Wildman–Crippen MR) is 58.9 cm³/mol. The van der Waals surface area contributed by atoms with Gasteiger partial charge in [-0.3, -0.25) is 10.1 Å². The first-order chi connectivity index (χ1) is 7.13. The fourth-order valence-electron chi connectivity index (χ4n) is 0.848. The summed E-state index contributed by atoms with van der Waals surface area (Å²) in [5.41, 5.74) is 5.31. The van der Waals surface area contributed by atoms with E-state index in [2.05, 4.69) is 4.99 Å². The lowest BCUT2D eigenvalue weighted by Crippen LogP contribution is -2.02. The van der Waals surface area contributed by atoms with E-state index in [0.29, 0.717) is 10.7 Å². The Kier molecular flexibility index (Phi) is 3.82. The van der Waals surface area contributed by atoms with Gasteiger partial charge in [-0.15, -0.1) is 0 Å². The molecule has 6 heteroatoms. The number of hydrogen-bond donors (Lipinski definition) is 1. The normalized spacial score (nSPS) is 11.9. The van der Waals surface area contributed by atoms with Crippen molar-refractivity contribution in [1.82, 2.24) is 0 Å². The molecule has 78 valence electrons. The molecule has 1 aromatic rings. The highest BCUT2D eigenvalue weighted by Crippen LogP contribution is 2.17. The number of rotatable bonds is 3. The van der Waals surface area contributed by atoms with E-state index in [1.54, 1.807) is 24.3 Å². The van der Waals surface area contributed by atoms with E-state index in [1.165, 1.54) is 0 Å². The van der Waals surface area contributed by atoms with Crippen molar-refractivity contribution in [3.8, 4) is 0 Å². The molecule has 0 aliphatic heterocycles. The van der Waals surface area contributed by atoms with Crippen LogP contribution in [0, 0.1) is 10.1 Å². The van der Waals surface area contributed by atoms with Gasteiger partial charge in [0.2, 0.25) is 0 Å². The minimum absolute atomic E-state index is 0.269. The summed E-state index contributed by atoms with van der Waals surface area (Å²) in [6.45, 7) is 0. The first-order valence-electron chi connectivity index (χ1n) is 3.99. The molecule has 0 spiro atoms. The fraction of sp³-hybridized carbons (Fsp3) is 0. The Morgan fingerprint density at radius 3 is 2.87 bits per heavy atom. The summed E-state index contributed by atoms with van der Waals surface area (Å²) in [4.78, 5) is 13.6. The maximum absolute atomic E-state index is 10.4. The average Bonchev–Trinajstić information content (AvgIpc) is 2.18. The second-order valence-corrected chi connectivity index (χ2v) is 3.02. The number of benzene rings is 1. The highest BCUT2D eigenvalue weighted by molar-refractivity contribution is 6.30. The Morgan fingerprint density at radius 2 is 2.33 bits per heavy atom. The summed E-state index contributed by atoms with van der Waals surface area (Å²) >= 11 is 5.71. The molecule has 1 aromatic carbocycles. The van der Waals surface area contributed by atoms with Gasteiger partial charge in [-0.25, -0.2) is 4.99 Å². The van der Waals surface area contributed by atoms with Crippen LogP contribution >= 0.6 is 11.6 Å². The molecule has 5 nitrogen and oxygen atoms in total. The van der Waals surface area contributed by atoms with E-state index in [1.807, 2.05) is 0 Å².